The van der Waals surface area contributed by atoms with Crippen molar-refractivity contribution in [3.05, 3.63) is 40.9 Å². The number of amides is 1. The van der Waals surface area contributed by atoms with E-state index < -0.39 is 0 Å². The van der Waals surface area contributed by atoms with Crippen molar-refractivity contribution >= 4 is 28.3 Å². The number of carbonyl (C=O) groups is 1. The number of para-hydroxylation sites is 1. The van der Waals surface area contributed by atoms with E-state index in [2.05, 4.69) is 20.6 Å². The van der Waals surface area contributed by atoms with Crippen molar-refractivity contribution in [2.75, 3.05) is 25.5 Å². The van der Waals surface area contributed by atoms with Gasteiger partial charge < -0.3 is 21.1 Å². The number of guanidine groups is 1. The standard InChI is InChI=1S/C18H25N5O2S/c1-13(24)20-10-5-7-15-12-26-18(22-15)23-17(19)21-11-9-14-6-3-4-8-16(14)25-2/h3-4,6,8,12H,5,7,9-11H2,1-2H3,(H,20,24)(H3,19,21,22,23). The lowest BCUT2D eigenvalue weighted by Crippen LogP contribution is -2.23. The van der Waals surface area contributed by atoms with E-state index >= 15 is 0 Å². The summed E-state index contributed by atoms with van der Waals surface area (Å²) in [5, 5.41) is 8.50. The van der Waals surface area contributed by atoms with Crippen molar-refractivity contribution in [2.24, 2.45) is 10.7 Å². The molecule has 140 valence electrons. The minimum atomic E-state index is -0.0114. The van der Waals surface area contributed by atoms with Gasteiger partial charge in [-0.25, -0.2) is 4.98 Å². The molecule has 2 aromatic rings. The first-order valence-corrected chi connectivity index (χ1v) is 9.34. The van der Waals surface area contributed by atoms with Crippen LogP contribution in [0.15, 0.2) is 34.6 Å². The Labute approximate surface area is 157 Å². The minimum Gasteiger partial charge on any atom is -0.496 e. The van der Waals surface area contributed by atoms with Crippen molar-refractivity contribution < 1.29 is 9.53 Å². The Hall–Kier alpha value is -2.61. The Bertz CT molecular complexity index is 745. The minimum absolute atomic E-state index is 0.0114. The van der Waals surface area contributed by atoms with E-state index in [-0.39, 0.29) is 5.91 Å². The van der Waals surface area contributed by atoms with Crippen LogP contribution in [-0.4, -0.2) is 37.1 Å². The molecule has 0 unspecified atom stereocenters. The van der Waals surface area contributed by atoms with Gasteiger partial charge in [0.05, 0.1) is 12.8 Å². The largest absolute Gasteiger partial charge is 0.496 e. The summed E-state index contributed by atoms with van der Waals surface area (Å²) in [6, 6.07) is 7.87. The van der Waals surface area contributed by atoms with Gasteiger partial charge in [-0.3, -0.25) is 9.79 Å². The third kappa shape index (κ3) is 6.72. The molecule has 7 nitrogen and oxygen atoms in total. The third-order valence-corrected chi connectivity index (χ3v) is 4.43. The zero-order chi connectivity index (χ0) is 18.8. The number of thiazole rings is 1. The second-order valence-electron chi connectivity index (χ2n) is 5.68. The molecular formula is C18H25N5O2S. The number of nitrogens with two attached hydrogens (primary N) is 1. The van der Waals surface area contributed by atoms with Gasteiger partial charge in [-0.15, -0.1) is 11.3 Å². The molecule has 0 aliphatic heterocycles. The number of benzene rings is 1. The molecule has 0 aliphatic rings. The van der Waals surface area contributed by atoms with E-state index in [0.29, 0.717) is 19.0 Å². The molecule has 0 saturated heterocycles. The molecule has 1 amide bonds. The number of nitrogens with zero attached hydrogens (tertiary/aromatic N) is 2. The summed E-state index contributed by atoms with van der Waals surface area (Å²) >= 11 is 1.49. The maximum Gasteiger partial charge on any atom is 0.216 e. The number of rotatable bonds is 9. The topological polar surface area (TPSA) is 102 Å². The molecule has 0 atom stereocenters. The highest BCUT2D eigenvalue weighted by atomic mass is 32.1. The number of aliphatic imine (C=N–C) groups is 1. The van der Waals surface area contributed by atoms with Crippen molar-refractivity contribution in [2.45, 2.75) is 26.2 Å². The number of nitrogens with one attached hydrogen (secondary N) is 2. The van der Waals surface area contributed by atoms with E-state index in [4.69, 9.17) is 10.5 Å². The van der Waals surface area contributed by atoms with Crippen LogP contribution in [-0.2, 0) is 17.6 Å². The van der Waals surface area contributed by atoms with E-state index in [0.717, 1.165) is 41.4 Å². The monoisotopic (exact) mass is 375 g/mol. The lowest BCUT2D eigenvalue weighted by atomic mass is 10.1. The summed E-state index contributed by atoms with van der Waals surface area (Å²) in [5.41, 5.74) is 8.01. The highest BCUT2D eigenvalue weighted by molar-refractivity contribution is 7.13. The maximum atomic E-state index is 10.8. The maximum absolute atomic E-state index is 10.8. The van der Waals surface area contributed by atoms with Crippen molar-refractivity contribution in [1.29, 1.82) is 0 Å². The fourth-order valence-corrected chi connectivity index (χ4v) is 3.12. The number of ether oxygens (including phenoxy) is 1. The Morgan fingerprint density at radius 2 is 2.15 bits per heavy atom. The molecule has 26 heavy (non-hydrogen) atoms. The molecule has 0 spiro atoms. The number of hydrogen-bond donors (Lipinski definition) is 3. The quantitative estimate of drug-likeness (QED) is 0.354. The van der Waals surface area contributed by atoms with Gasteiger partial charge in [-0.1, -0.05) is 18.2 Å². The molecule has 0 fully saturated rings. The summed E-state index contributed by atoms with van der Waals surface area (Å²) in [5.74, 6) is 1.19. The first-order chi connectivity index (χ1) is 12.6. The number of aryl methyl sites for hydroxylation is 1. The highest BCUT2D eigenvalue weighted by Gasteiger charge is 2.04. The van der Waals surface area contributed by atoms with Crippen LogP contribution in [0.1, 0.15) is 24.6 Å². The van der Waals surface area contributed by atoms with Crippen molar-refractivity contribution in [3.8, 4) is 5.75 Å². The first-order valence-electron chi connectivity index (χ1n) is 8.46. The molecule has 0 aliphatic carbocycles. The normalized spacial score (nSPS) is 11.2. The summed E-state index contributed by atoms with van der Waals surface area (Å²) in [6.45, 7) is 2.73. The Morgan fingerprint density at radius 1 is 1.35 bits per heavy atom. The van der Waals surface area contributed by atoms with Gasteiger partial charge in [0.15, 0.2) is 11.1 Å². The van der Waals surface area contributed by atoms with E-state index in [9.17, 15) is 4.79 Å². The Balaban J connectivity index is 1.77. The average molecular weight is 375 g/mol. The summed E-state index contributed by atoms with van der Waals surface area (Å²) < 4.78 is 5.33. The average Bonchev–Trinajstić information content (AvgIpc) is 3.06. The van der Waals surface area contributed by atoms with Gasteiger partial charge >= 0.3 is 0 Å². The van der Waals surface area contributed by atoms with E-state index in [1.54, 1.807) is 7.11 Å². The predicted octanol–water partition coefficient (Wildman–Crippen LogP) is 2.19. The lowest BCUT2D eigenvalue weighted by Gasteiger charge is -2.07. The molecule has 0 bridgehead atoms. The Morgan fingerprint density at radius 3 is 2.92 bits per heavy atom. The van der Waals surface area contributed by atoms with Gasteiger partial charge in [0.2, 0.25) is 5.91 Å². The number of carbonyl (C=O) groups excluding carboxylic acids is 1. The van der Waals surface area contributed by atoms with Crippen LogP contribution in [0.5, 0.6) is 5.75 Å². The van der Waals surface area contributed by atoms with Gasteiger partial charge in [0.1, 0.15) is 5.75 Å². The van der Waals surface area contributed by atoms with E-state index in [1.807, 2.05) is 29.6 Å². The fourth-order valence-electron chi connectivity index (χ4n) is 2.37. The number of anilines is 1. The third-order valence-electron chi connectivity index (χ3n) is 3.63. The smallest absolute Gasteiger partial charge is 0.216 e. The number of aromatic nitrogens is 1. The molecule has 0 radical (unpaired) electrons. The molecular weight excluding hydrogens is 350 g/mol. The molecule has 4 N–H and O–H groups in total. The zero-order valence-electron chi connectivity index (χ0n) is 15.1. The van der Waals surface area contributed by atoms with Crippen LogP contribution in [0.3, 0.4) is 0 Å². The van der Waals surface area contributed by atoms with Crippen LogP contribution >= 0.6 is 11.3 Å². The highest BCUT2D eigenvalue weighted by Crippen LogP contribution is 2.18. The molecule has 1 aromatic heterocycles. The Kier molecular flexibility index (Phi) is 7.88. The van der Waals surface area contributed by atoms with Crippen molar-refractivity contribution in [1.82, 2.24) is 10.3 Å². The fraction of sp³-hybridized carbons (Fsp3) is 0.389. The summed E-state index contributed by atoms with van der Waals surface area (Å²) in [4.78, 5) is 19.6. The summed E-state index contributed by atoms with van der Waals surface area (Å²) in [7, 11) is 1.66. The van der Waals surface area contributed by atoms with Crippen LogP contribution in [0.25, 0.3) is 0 Å². The van der Waals surface area contributed by atoms with Gasteiger partial charge in [-0.05, 0) is 30.9 Å². The lowest BCUT2D eigenvalue weighted by molar-refractivity contribution is -0.118. The predicted molar refractivity (Wildman–Crippen MR) is 106 cm³/mol. The van der Waals surface area contributed by atoms with Gasteiger partial charge in [-0.2, -0.15) is 0 Å². The van der Waals surface area contributed by atoms with Crippen LogP contribution in [0.2, 0.25) is 0 Å². The van der Waals surface area contributed by atoms with Crippen LogP contribution in [0, 0.1) is 0 Å². The van der Waals surface area contributed by atoms with Crippen molar-refractivity contribution in [3.63, 3.8) is 0 Å². The molecule has 0 saturated carbocycles. The number of methoxy groups -OCH3 is 1. The summed E-state index contributed by atoms with van der Waals surface area (Å²) in [6.07, 6.45) is 2.41. The second-order valence-corrected chi connectivity index (χ2v) is 6.54. The molecule has 8 heteroatoms. The zero-order valence-corrected chi connectivity index (χ0v) is 15.9. The first kappa shape index (κ1) is 19.7. The molecule has 2 rings (SSSR count). The molecule has 1 aromatic carbocycles. The van der Waals surface area contributed by atoms with E-state index in [1.165, 1.54) is 18.3 Å². The van der Waals surface area contributed by atoms with Gasteiger partial charge in [0, 0.05) is 25.4 Å². The van der Waals surface area contributed by atoms with Crippen LogP contribution < -0.4 is 21.1 Å². The number of hydrogen-bond acceptors (Lipinski definition) is 5. The van der Waals surface area contributed by atoms with Gasteiger partial charge in [0.25, 0.3) is 0 Å². The molecule has 1 heterocycles. The SMILES string of the molecule is COc1ccccc1CCN=C(N)Nc1nc(CCCNC(C)=O)cs1. The van der Waals surface area contributed by atoms with Crippen LogP contribution in [0.4, 0.5) is 5.13 Å². The second kappa shape index (κ2) is 10.4.